The van der Waals surface area contributed by atoms with Gasteiger partial charge in [0.25, 0.3) is 0 Å². The number of benzene rings is 1. The number of fused-ring (bicyclic) bond motifs is 1. The second kappa shape index (κ2) is 8.77. The molecule has 0 fully saturated rings. The molecule has 0 saturated heterocycles. The maximum absolute atomic E-state index is 12.6. The Morgan fingerprint density at radius 1 is 1.16 bits per heavy atom. The third-order valence-electron chi connectivity index (χ3n) is 4.14. The Labute approximate surface area is 162 Å². The zero-order valence-corrected chi connectivity index (χ0v) is 17.9. The van der Waals surface area contributed by atoms with Crippen LogP contribution in [0.3, 0.4) is 0 Å². The van der Waals surface area contributed by atoms with Crippen LogP contribution in [0.25, 0.3) is 0 Å². The molecular formula is C20H25BrN2OS. The van der Waals surface area contributed by atoms with Crippen LogP contribution in [0.1, 0.15) is 47.9 Å². The maximum Gasteiger partial charge on any atom is 0.249 e. The van der Waals surface area contributed by atoms with E-state index in [0.29, 0.717) is 6.54 Å². The number of amides is 1. The standard InChI is InChI=1S/C18H19BrN2OS.C2H6/c1-11-4-6-14(7-5-11)10-21-16(22)9-20-12(2)17-15(8-19)13(3)23-18(17)21;1-2/h4-7H,8-10H2,1-3H3;1-2H3. The molecular weight excluding hydrogens is 396 g/mol. The lowest BCUT2D eigenvalue weighted by Crippen LogP contribution is -2.31. The summed E-state index contributed by atoms with van der Waals surface area (Å²) in [5.74, 6) is 0.0612. The van der Waals surface area contributed by atoms with Crippen molar-refractivity contribution >= 4 is 43.9 Å². The quantitative estimate of drug-likeness (QED) is 0.590. The number of aryl methyl sites for hydroxylation is 2. The summed E-state index contributed by atoms with van der Waals surface area (Å²) in [6.07, 6.45) is 0. The lowest BCUT2D eigenvalue weighted by Gasteiger charge is -2.20. The van der Waals surface area contributed by atoms with Gasteiger partial charge in [0.15, 0.2) is 0 Å². The predicted octanol–water partition coefficient (Wildman–Crippen LogP) is 5.64. The molecule has 0 radical (unpaired) electrons. The SMILES string of the molecule is CC.CC1=NCC(=O)N(Cc2ccc(C)cc2)c2sc(C)c(CBr)c21. The average molecular weight is 421 g/mol. The number of alkyl halides is 1. The van der Waals surface area contributed by atoms with Crippen LogP contribution in [0.4, 0.5) is 5.00 Å². The van der Waals surface area contributed by atoms with Crippen molar-refractivity contribution < 1.29 is 4.79 Å². The highest BCUT2D eigenvalue weighted by molar-refractivity contribution is 9.08. The minimum Gasteiger partial charge on any atom is -0.297 e. The second-order valence-electron chi connectivity index (χ2n) is 5.82. The fourth-order valence-corrected chi connectivity index (χ4v) is 4.91. The number of halogens is 1. The van der Waals surface area contributed by atoms with Gasteiger partial charge < -0.3 is 0 Å². The number of anilines is 1. The highest BCUT2D eigenvalue weighted by Crippen LogP contribution is 2.39. The summed E-state index contributed by atoms with van der Waals surface area (Å²) in [5, 5.41) is 1.81. The predicted molar refractivity (Wildman–Crippen MR) is 112 cm³/mol. The average Bonchev–Trinajstić information content (AvgIpc) is 2.91. The smallest absolute Gasteiger partial charge is 0.249 e. The van der Waals surface area contributed by atoms with Crippen LogP contribution < -0.4 is 4.90 Å². The van der Waals surface area contributed by atoms with Crippen LogP contribution in [-0.4, -0.2) is 18.2 Å². The highest BCUT2D eigenvalue weighted by atomic mass is 79.9. The van der Waals surface area contributed by atoms with Crippen LogP contribution >= 0.6 is 27.3 Å². The lowest BCUT2D eigenvalue weighted by atomic mass is 10.1. The topological polar surface area (TPSA) is 32.7 Å². The summed E-state index contributed by atoms with van der Waals surface area (Å²) in [5.41, 5.74) is 5.70. The molecule has 2 heterocycles. The Morgan fingerprint density at radius 3 is 2.40 bits per heavy atom. The number of nitrogens with zero attached hydrogens (tertiary/aromatic N) is 2. The third kappa shape index (κ3) is 4.21. The number of thiophene rings is 1. The first-order chi connectivity index (χ1) is 12.0. The molecule has 0 unspecified atom stereocenters. The van der Waals surface area contributed by atoms with Crippen molar-refractivity contribution in [1.29, 1.82) is 0 Å². The first-order valence-electron chi connectivity index (χ1n) is 8.56. The van der Waals surface area contributed by atoms with Gasteiger partial charge in [-0.15, -0.1) is 11.3 Å². The molecule has 0 aliphatic carbocycles. The molecule has 0 spiro atoms. The molecule has 0 saturated carbocycles. The molecule has 134 valence electrons. The molecule has 25 heavy (non-hydrogen) atoms. The molecule has 0 N–H and O–H groups in total. The Morgan fingerprint density at radius 2 is 1.80 bits per heavy atom. The summed E-state index contributed by atoms with van der Waals surface area (Å²) in [6, 6.07) is 8.35. The number of aliphatic imine (C=N–C) groups is 1. The maximum atomic E-state index is 12.6. The number of rotatable bonds is 3. The molecule has 1 aromatic carbocycles. The van der Waals surface area contributed by atoms with Crippen molar-refractivity contribution in [3.05, 3.63) is 51.4 Å². The van der Waals surface area contributed by atoms with Gasteiger partial charge in [0.1, 0.15) is 11.5 Å². The molecule has 2 aromatic rings. The molecule has 1 aromatic heterocycles. The van der Waals surface area contributed by atoms with Gasteiger partial charge in [-0.1, -0.05) is 59.6 Å². The Bertz CT molecular complexity index is 778. The molecule has 1 aliphatic rings. The van der Waals surface area contributed by atoms with Gasteiger partial charge >= 0.3 is 0 Å². The fraction of sp³-hybridized carbons (Fsp3) is 0.400. The highest BCUT2D eigenvalue weighted by Gasteiger charge is 2.28. The Kier molecular flexibility index (Phi) is 6.96. The van der Waals surface area contributed by atoms with E-state index in [-0.39, 0.29) is 12.5 Å². The van der Waals surface area contributed by atoms with Gasteiger partial charge in [-0.2, -0.15) is 0 Å². The van der Waals surface area contributed by atoms with E-state index in [0.717, 1.165) is 27.2 Å². The van der Waals surface area contributed by atoms with Gasteiger partial charge in [0, 0.05) is 21.5 Å². The van der Waals surface area contributed by atoms with Crippen molar-refractivity contribution in [2.75, 3.05) is 11.4 Å². The van der Waals surface area contributed by atoms with Crippen LogP contribution in [-0.2, 0) is 16.7 Å². The van der Waals surface area contributed by atoms with E-state index >= 15 is 0 Å². The van der Waals surface area contributed by atoms with Crippen molar-refractivity contribution in [2.24, 2.45) is 4.99 Å². The van der Waals surface area contributed by atoms with Crippen molar-refractivity contribution in [1.82, 2.24) is 0 Å². The van der Waals surface area contributed by atoms with Crippen LogP contribution in [0, 0.1) is 13.8 Å². The van der Waals surface area contributed by atoms with Crippen LogP contribution in [0.15, 0.2) is 29.3 Å². The molecule has 0 bridgehead atoms. The third-order valence-corrected chi connectivity index (χ3v) is 5.88. The van der Waals surface area contributed by atoms with Gasteiger partial charge in [0.2, 0.25) is 5.91 Å². The molecule has 5 heteroatoms. The van der Waals surface area contributed by atoms with Crippen molar-refractivity contribution in [3.63, 3.8) is 0 Å². The van der Waals surface area contributed by atoms with Crippen molar-refractivity contribution in [3.8, 4) is 0 Å². The summed E-state index contributed by atoms with van der Waals surface area (Å²) in [6.45, 7) is 11.0. The normalized spacial score (nSPS) is 13.6. The van der Waals surface area contributed by atoms with Crippen molar-refractivity contribution in [2.45, 2.75) is 46.5 Å². The molecule has 3 nitrogen and oxygen atoms in total. The Hall–Kier alpha value is -1.46. The van der Waals surface area contributed by atoms with E-state index in [1.54, 1.807) is 11.3 Å². The number of hydrogen-bond acceptors (Lipinski definition) is 3. The van der Waals surface area contributed by atoms with Crippen LogP contribution in [0.5, 0.6) is 0 Å². The molecule has 3 rings (SSSR count). The number of carbonyl (C=O) groups is 1. The number of hydrogen-bond donors (Lipinski definition) is 0. The first-order valence-corrected chi connectivity index (χ1v) is 10.5. The summed E-state index contributed by atoms with van der Waals surface area (Å²) in [4.78, 5) is 20.2. The molecule has 1 aliphatic heterocycles. The van der Waals surface area contributed by atoms with E-state index < -0.39 is 0 Å². The monoisotopic (exact) mass is 420 g/mol. The second-order valence-corrected chi connectivity index (χ2v) is 7.58. The van der Waals surface area contributed by atoms with E-state index in [1.807, 2.05) is 25.7 Å². The van der Waals surface area contributed by atoms with E-state index in [9.17, 15) is 4.79 Å². The van der Waals surface area contributed by atoms with E-state index in [2.05, 4.69) is 59.0 Å². The minimum absolute atomic E-state index is 0.0612. The van der Waals surface area contributed by atoms with E-state index in [1.165, 1.54) is 16.0 Å². The summed E-state index contributed by atoms with van der Waals surface area (Å²) in [7, 11) is 0. The molecule has 0 atom stereocenters. The zero-order valence-electron chi connectivity index (χ0n) is 15.5. The lowest BCUT2D eigenvalue weighted by molar-refractivity contribution is -0.117. The fourth-order valence-electron chi connectivity index (χ4n) is 2.79. The largest absolute Gasteiger partial charge is 0.297 e. The van der Waals surface area contributed by atoms with Gasteiger partial charge in [-0.3, -0.25) is 14.7 Å². The number of carbonyl (C=O) groups excluding carboxylic acids is 1. The van der Waals surface area contributed by atoms with Gasteiger partial charge in [-0.25, -0.2) is 0 Å². The Balaban J connectivity index is 0.00000109. The zero-order chi connectivity index (χ0) is 18.6. The molecule has 1 amide bonds. The summed E-state index contributed by atoms with van der Waals surface area (Å²) >= 11 is 5.26. The minimum atomic E-state index is 0.0612. The van der Waals surface area contributed by atoms with Crippen LogP contribution in [0.2, 0.25) is 0 Å². The van der Waals surface area contributed by atoms with Gasteiger partial charge in [-0.05, 0) is 31.9 Å². The van der Waals surface area contributed by atoms with Gasteiger partial charge in [0.05, 0.1) is 6.54 Å². The van der Waals surface area contributed by atoms with E-state index in [4.69, 9.17) is 0 Å². The summed E-state index contributed by atoms with van der Waals surface area (Å²) < 4.78 is 0. The first kappa shape index (κ1) is 19.9.